The summed E-state index contributed by atoms with van der Waals surface area (Å²) in [4.78, 5) is 16.3. The van der Waals surface area contributed by atoms with Crippen LogP contribution in [0.4, 0.5) is 23.1 Å². The number of hydrogen-bond acceptors (Lipinski definition) is 7. The van der Waals surface area contributed by atoms with E-state index >= 15 is 0 Å². The molecule has 0 aliphatic rings. The molecule has 0 atom stereocenters. The zero-order valence-corrected chi connectivity index (χ0v) is 14.8. The summed E-state index contributed by atoms with van der Waals surface area (Å²) in [5.41, 5.74) is 4.11. The van der Waals surface area contributed by atoms with Crippen molar-refractivity contribution in [1.82, 2.24) is 15.2 Å². The number of nitrogens with zero attached hydrogens (tertiary/aromatic N) is 3. The first kappa shape index (κ1) is 17.3. The van der Waals surface area contributed by atoms with Crippen molar-refractivity contribution in [2.75, 3.05) is 17.7 Å². The van der Waals surface area contributed by atoms with Crippen LogP contribution in [0, 0.1) is 13.8 Å². The molecule has 0 amide bonds. The van der Waals surface area contributed by atoms with E-state index in [1.807, 2.05) is 38.1 Å². The van der Waals surface area contributed by atoms with Gasteiger partial charge in [0, 0.05) is 5.69 Å². The number of anilines is 4. The minimum atomic E-state index is -0.427. The van der Waals surface area contributed by atoms with Crippen LogP contribution in [0.3, 0.4) is 0 Å². The number of carbonyl (C=O) groups excluding carboxylic acids is 1. The van der Waals surface area contributed by atoms with Gasteiger partial charge >= 0.3 is 5.97 Å². The molecule has 1 aromatic heterocycles. The Morgan fingerprint density at radius 3 is 2.46 bits per heavy atom. The van der Waals surface area contributed by atoms with Gasteiger partial charge in [-0.1, -0.05) is 30.3 Å². The molecule has 26 heavy (non-hydrogen) atoms. The number of aryl methyl sites for hydroxylation is 2. The molecule has 0 saturated carbocycles. The van der Waals surface area contributed by atoms with Crippen LogP contribution in [0.25, 0.3) is 0 Å². The van der Waals surface area contributed by atoms with Gasteiger partial charge in [0.1, 0.15) is 0 Å². The van der Waals surface area contributed by atoms with Crippen LogP contribution in [0.5, 0.6) is 0 Å². The number of methoxy groups -OCH3 is 1. The number of rotatable bonds is 5. The zero-order valence-electron chi connectivity index (χ0n) is 14.8. The Labute approximate surface area is 151 Å². The predicted molar refractivity (Wildman–Crippen MR) is 100 cm³/mol. The zero-order chi connectivity index (χ0) is 18.5. The molecule has 7 nitrogen and oxygen atoms in total. The number of aromatic nitrogens is 3. The summed E-state index contributed by atoms with van der Waals surface area (Å²) in [5.74, 6) is 0.400. The molecule has 132 valence electrons. The number of para-hydroxylation sites is 2. The lowest BCUT2D eigenvalue weighted by atomic mass is 10.1. The summed E-state index contributed by atoms with van der Waals surface area (Å²) in [6, 6.07) is 13.1. The first-order chi connectivity index (χ1) is 12.6. The quantitative estimate of drug-likeness (QED) is 0.678. The Morgan fingerprint density at radius 1 is 1.00 bits per heavy atom. The predicted octanol–water partition coefficient (Wildman–Crippen LogP) is 3.76. The van der Waals surface area contributed by atoms with Gasteiger partial charge in [0.15, 0.2) is 5.82 Å². The Bertz CT molecular complexity index is 922. The van der Waals surface area contributed by atoms with Crippen molar-refractivity contribution in [3.63, 3.8) is 0 Å². The van der Waals surface area contributed by atoms with Gasteiger partial charge in [-0.05, 0) is 37.1 Å². The molecule has 1 heterocycles. The maximum absolute atomic E-state index is 11.9. The van der Waals surface area contributed by atoms with Gasteiger partial charge in [-0.3, -0.25) is 0 Å². The lowest BCUT2D eigenvalue weighted by Crippen LogP contribution is -2.08. The van der Waals surface area contributed by atoms with Crippen molar-refractivity contribution in [2.24, 2.45) is 0 Å². The normalized spacial score (nSPS) is 10.3. The van der Waals surface area contributed by atoms with Crippen molar-refractivity contribution < 1.29 is 9.53 Å². The van der Waals surface area contributed by atoms with Crippen molar-refractivity contribution in [3.8, 4) is 0 Å². The first-order valence-electron chi connectivity index (χ1n) is 8.06. The van der Waals surface area contributed by atoms with E-state index in [0.717, 1.165) is 16.8 Å². The third-order valence-electron chi connectivity index (χ3n) is 3.87. The summed E-state index contributed by atoms with van der Waals surface area (Å²) in [6.07, 6.45) is 1.49. The average molecular weight is 349 g/mol. The summed E-state index contributed by atoms with van der Waals surface area (Å²) in [7, 11) is 1.35. The topological polar surface area (TPSA) is 89.0 Å². The third-order valence-corrected chi connectivity index (χ3v) is 3.87. The molecule has 2 N–H and O–H groups in total. The molecule has 0 saturated heterocycles. The minimum absolute atomic E-state index is 0.364. The number of hydrogen-bond donors (Lipinski definition) is 2. The van der Waals surface area contributed by atoms with Crippen LogP contribution in [-0.4, -0.2) is 28.3 Å². The average Bonchev–Trinajstić information content (AvgIpc) is 2.65. The molecule has 0 spiro atoms. The molecule has 0 unspecified atom stereocenters. The third kappa shape index (κ3) is 3.77. The monoisotopic (exact) mass is 349 g/mol. The highest BCUT2D eigenvalue weighted by molar-refractivity contribution is 5.96. The largest absolute Gasteiger partial charge is 0.465 e. The molecule has 0 aliphatic carbocycles. The Hall–Kier alpha value is -3.48. The van der Waals surface area contributed by atoms with Crippen LogP contribution in [0.1, 0.15) is 21.5 Å². The Morgan fingerprint density at radius 2 is 1.73 bits per heavy atom. The van der Waals surface area contributed by atoms with E-state index in [1.54, 1.807) is 18.2 Å². The summed E-state index contributed by atoms with van der Waals surface area (Å²) >= 11 is 0. The maximum atomic E-state index is 11.9. The van der Waals surface area contributed by atoms with E-state index in [0.29, 0.717) is 23.0 Å². The highest BCUT2D eigenvalue weighted by atomic mass is 16.5. The Balaban J connectivity index is 1.86. The van der Waals surface area contributed by atoms with Crippen molar-refractivity contribution >= 4 is 29.1 Å². The number of ether oxygens (including phenoxy) is 1. The summed E-state index contributed by atoms with van der Waals surface area (Å²) in [5, 5.41) is 14.3. The fourth-order valence-electron chi connectivity index (χ4n) is 2.56. The molecule has 0 bridgehead atoms. The van der Waals surface area contributed by atoms with Gasteiger partial charge < -0.3 is 15.4 Å². The molecule has 2 aromatic carbocycles. The van der Waals surface area contributed by atoms with Crippen LogP contribution in [0.2, 0.25) is 0 Å². The molecule has 0 fully saturated rings. The fraction of sp³-hybridized carbons (Fsp3) is 0.158. The molecule has 0 aliphatic heterocycles. The second kappa shape index (κ2) is 7.60. The molecule has 7 heteroatoms. The highest BCUT2D eigenvalue weighted by Gasteiger charge is 2.12. The van der Waals surface area contributed by atoms with Gasteiger partial charge in [0.05, 0.1) is 24.6 Å². The van der Waals surface area contributed by atoms with Gasteiger partial charge in [-0.25, -0.2) is 4.79 Å². The van der Waals surface area contributed by atoms with Crippen LogP contribution in [0.15, 0.2) is 48.7 Å². The number of carbonyl (C=O) groups is 1. The van der Waals surface area contributed by atoms with Crippen LogP contribution >= 0.6 is 0 Å². The van der Waals surface area contributed by atoms with Crippen molar-refractivity contribution in [1.29, 1.82) is 0 Å². The smallest absolute Gasteiger partial charge is 0.339 e. The molecule has 3 rings (SSSR count). The van der Waals surface area contributed by atoms with Gasteiger partial charge in [0.2, 0.25) is 5.95 Å². The van der Waals surface area contributed by atoms with Crippen molar-refractivity contribution in [3.05, 3.63) is 65.4 Å². The molecule has 0 radical (unpaired) electrons. The van der Waals surface area contributed by atoms with E-state index in [1.165, 1.54) is 13.3 Å². The molecular formula is C19H19N5O2. The lowest BCUT2D eigenvalue weighted by Gasteiger charge is -2.12. The standard InChI is InChI=1S/C19H19N5O2/c1-12-7-6-8-13(2)17(12)23-19-22-16(11-20-24-19)21-15-10-5-4-9-14(15)18(25)26-3/h4-11H,1-3H3,(H2,21,22,23,24). The van der Waals surface area contributed by atoms with Crippen molar-refractivity contribution in [2.45, 2.75) is 13.8 Å². The van der Waals surface area contributed by atoms with E-state index in [9.17, 15) is 4.79 Å². The van der Waals surface area contributed by atoms with E-state index in [-0.39, 0.29) is 0 Å². The van der Waals surface area contributed by atoms with Crippen LogP contribution in [-0.2, 0) is 4.74 Å². The lowest BCUT2D eigenvalue weighted by molar-refractivity contribution is 0.0602. The summed E-state index contributed by atoms with van der Waals surface area (Å²) in [6.45, 7) is 4.02. The second-order valence-corrected chi connectivity index (χ2v) is 5.72. The fourth-order valence-corrected chi connectivity index (χ4v) is 2.56. The molecular weight excluding hydrogens is 330 g/mol. The molecule has 3 aromatic rings. The summed E-state index contributed by atoms with van der Waals surface area (Å²) < 4.78 is 4.80. The SMILES string of the molecule is COC(=O)c1ccccc1Nc1cnnc(Nc2c(C)cccc2C)n1. The second-order valence-electron chi connectivity index (χ2n) is 5.72. The number of nitrogens with one attached hydrogen (secondary N) is 2. The highest BCUT2D eigenvalue weighted by Crippen LogP contribution is 2.24. The van der Waals surface area contributed by atoms with E-state index in [2.05, 4.69) is 25.8 Å². The van der Waals surface area contributed by atoms with Crippen LogP contribution < -0.4 is 10.6 Å². The maximum Gasteiger partial charge on any atom is 0.339 e. The Kier molecular flexibility index (Phi) is 5.07. The van der Waals surface area contributed by atoms with Gasteiger partial charge in [-0.15, -0.1) is 5.10 Å². The number of benzene rings is 2. The number of esters is 1. The minimum Gasteiger partial charge on any atom is -0.465 e. The van der Waals surface area contributed by atoms with E-state index < -0.39 is 5.97 Å². The van der Waals surface area contributed by atoms with Gasteiger partial charge in [-0.2, -0.15) is 10.1 Å². The van der Waals surface area contributed by atoms with E-state index in [4.69, 9.17) is 4.74 Å². The van der Waals surface area contributed by atoms with Gasteiger partial charge in [0.25, 0.3) is 0 Å². The first-order valence-corrected chi connectivity index (χ1v) is 8.06.